The summed E-state index contributed by atoms with van der Waals surface area (Å²) in [6, 6.07) is 7.99. The lowest BCUT2D eigenvalue weighted by Crippen LogP contribution is -2.33. The van der Waals surface area contributed by atoms with Gasteiger partial charge in [-0.25, -0.2) is 13.6 Å². The minimum Gasteiger partial charge on any atom is -0.456 e. The van der Waals surface area contributed by atoms with Crippen LogP contribution >= 0.6 is 0 Å². The maximum atomic E-state index is 15.0. The maximum Gasteiger partial charge on any atom is 0.340 e. The first-order chi connectivity index (χ1) is 17.0. The lowest BCUT2D eigenvalue weighted by molar-refractivity contribution is -0.133. The second kappa shape index (κ2) is 7.87. The molecule has 2 aliphatic heterocycles. The van der Waals surface area contributed by atoms with Crippen molar-refractivity contribution >= 4 is 23.8 Å². The molecule has 1 amide bonds. The minimum absolute atomic E-state index is 0.0167. The molecule has 3 aromatic carbocycles. The molecule has 0 radical (unpaired) electrons. The van der Waals surface area contributed by atoms with Gasteiger partial charge in [-0.05, 0) is 24.3 Å². The highest BCUT2D eigenvalue weighted by atomic mass is 19.1. The van der Waals surface area contributed by atoms with Gasteiger partial charge in [0.2, 0.25) is 5.91 Å². The predicted molar refractivity (Wildman–Crippen MR) is 116 cm³/mol. The molecule has 182 valence electrons. The first-order valence-electron chi connectivity index (χ1n) is 10.4. The zero-order valence-corrected chi connectivity index (χ0v) is 18.6. The third-order valence-corrected chi connectivity index (χ3v) is 5.70. The number of amides is 1. The number of ether oxygens (including phenoxy) is 4. The lowest BCUT2D eigenvalue weighted by atomic mass is 9.77. The number of hydrogen-bond acceptors (Lipinski definition) is 8. The molecule has 36 heavy (non-hydrogen) atoms. The average Bonchev–Trinajstić information content (AvgIpc) is 3.08. The molecule has 0 aromatic heterocycles. The van der Waals surface area contributed by atoms with Crippen LogP contribution in [0.1, 0.15) is 51.3 Å². The summed E-state index contributed by atoms with van der Waals surface area (Å²) in [5, 5.41) is 0. The van der Waals surface area contributed by atoms with Gasteiger partial charge in [0.1, 0.15) is 11.5 Å². The Morgan fingerprint density at radius 3 is 1.83 bits per heavy atom. The Bertz CT molecular complexity index is 1460. The molecule has 0 unspecified atom stereocenters. The minimum atomic E-state index is -1.92. The van der Waals surface area contributed by atoms with Crippen LogP contribution in [0.25, 0.3) is 0 Å². The van der Waals surface area contributed by atoms with Crippen molar-refractivity contribution in [1.29, 1.82) is 0 Å². The summed E-state index contributed by atoms with van der Waals surface area (Å²) in [6.07, 6.45) is 0. The van der Waals surface area contributed by atoms with Crippen LogP contribution in [0.2, 0.25) is 0 Å². The highest BCUT2D eigenvalue weighted by molar-refractivity contribution is 6.01. The first kappa shape index (κ1) is 23.0. The molecule has 0 saturated heterocycles. The Morgan fingerprint density at radius 1 is 0.833 bits per heavy atom. The summed E-state index contributed by atoms with van der Waals surface area (Å²) in [5.74, 6) is -6.33. The Kier molecular flexibility index (Phi) is 5.02. The van der Waals surface area contributed by atoms with Gasteiger partial charge in [-0.3, -0.25) is 14.4 Å². The molecule has 5 rings (SSSR count). The van der Waals surface area contributed by atoms with Crippen molar-refractivity contribution in [1.82, 2.24) is 0 Å². The number of carbonyl (C=O) groups is 4. The third-order valence-electron chi connectivity index (χ3n) is 5.70. The number of benzene rings is 3. The van der Waals surface area contributed by atoms with Crippen molar-refractivity contribution in [2.75, 3.05) is 0 Å². The van der Waals surface area contributed by atoms with Crippen molar-refractivity contribution in [2.24, 2.45) is 5.73 Å². The fourth-order valence-corrected chi connectivity index (χ4v) is 4.34. The second-order valence-electron chi connectivity index (χ2n) is 8.04. The largest absolute Gasteiger partial charge is 0.456 e. The van der Waals surface area contributed by atoms with E-state index in [2.05, 4.69) is 0 Å². The number of nitrogens with two attached hydrogens (primary N) is 1. The smallest absolute Gasteiger partial charge is 0.340 e. The first-order valence-corrected chi connectivity index (χ1v) is 10.4. The van der Waals surface area contributed by atoms with E-state index in [1.807, 2.05) is 0 Å². The standard InChI is InChI=1S/C25H15F2NO8/c1-10(29)33-21-8-19-15(6-17(21)26)25(14-4-3-12(23(28)31)5-13(14)24(32)36-25)16-7-18(27)22(34-11(2)30)9-20(16)35-19/h3-9H,1-2H3,(H2,28,31). The van der Waals surface area contributed by atoms with Gasteiger partial charge in [0.05, 0.1) is 16.7 Å². The molecule has 2 heterocycles. The van der Waals surface area contributed by atoms with Crippen LogP contribution in [0.3, 0.4) is 0 Å². The summed E-state index contributed by atoms with van der Waals surface area (Å²) in [7, 11) is 0. The topological polar surface area (TPSA) is 131 Å². The van der Waals surface area contributed by atoms with Crippen LogP contribution in [-0.2, 0) is 19.9 Å². The molecule has 9 nitrogen and oxygen atoms in total. The van der Waals surface area contributed by atoms with Crippen LogP contribution in [0, 0.1) is 11.6 Å². The molecular formula is C25H15F2NO8. The van der Waals surface area contributed by atoms with E-state index < -0.39 is 52.5 Å². The van der Waals surface area contributed by atoms with E-state index in [0.717, 1.165) is 38.1 Å². The van der Waals surface area contributed by atoms with Gasteiger partial charge >= 0.3 is 17.9 Å². The fourth-order valence-electron chi connectivity index (χ4n) is 4.34. The Morgan fingerprint density at radius 2 is 1.36 bits per heavy atom. The zero-order chi connectivity index (χ0) is 25.9. The van der Waals surface area contributed by atoms with E-state index in [4.69, 9.17) is 24.7 Å². The van der Waals surface area contributed by atoms with Gasteiger partial charge in [0.25, 0.3) is 0 Å². The van der Waals surface area contributed by atoms with Crippen LogP contribution in [0.5, 0.6) is 23.0 Å². The number of rotatable bonds is 3. The van der Waals surface area contributed by atoms with Crippen LogP contribution in [-0.4, -0.2) is 23.8 Å². The summed E-state index contributed by atoms with van der Waals surface area (Å²) in [5.41, 5.74) is 3.45. The molecule has 0 bridgehead atoms. The van der Waals surface area contributed by atoms with Gasteiger partial charge in [0.15, 0.2) is 28.7 Å². The van der Waals surface area contributed by atoms with E-state index in [1.54, 1.807) is 0 Å². The van der Waals surface area contributed by atoms with Gasteiger partial charge in [0, 0.05) is 37.1 Å². The maximum absolute atomic E-state index is 15.0. The molecule has 3 aromatic rings. The van der Waals surface area contributed by atoms with Crippen molar-refractivity contribution in [3.8, 4) is 23.0 Å². The summed E-state index contributed by atoms with van der Waals surface area (Å²) in [6.45, 7) is 2.16. The average molecular weight is 495 g/mol. The van der Waals surface area contributed by atoms with E-state index >= 15 is 8.78 Å². The van der Waals surface area contributed by atoms with E-state index in [9.17, 15) is 19.2 Å². The van der Waals surface area contributed by atoms with Crippen molar-refractivity contribution < 1.29 is 46.9 Å². The molecule has 0 fully saturated rings. The van der Waals surface area contributed by atoms with E-state index in [0.29, 0.717) is 0 Å². The zero-order valence-electron chi connectivity index (χ0n) is 18.6. The number of fused-ring (bicyclic) bond motifs is 6. The van der Waals surface area contributed by atoms with Crippen molar-refractivity contribution in [3.05, 3.63) is 81.9 Å². The van der Waals surface area contributed by atoms with Gasteiger partial charge in [-0.15, -0.1) is 0 Å². The quantitative estimate of drug-likeness (QED) is 0.432. The predicted octanol–water partition coefficient (Wildman–Crippen LogP) is 3.48. The Hall–Kier alpha value is -4.80. The second-order valence-corrected chi connectivity index (χ2v) is 8.04. The summed E-state index contributed by atoms with van der Waals surface area (Å²) in [4.78, 5) is 47.5. The molecule has 0 aliphatic carbocycles. The fraction of sp³-hybridized carbons (Fsp3) is 0.120. The van der Waals surface area contributed by atoms with Crippen LogP contribution < -0.4 is 19.9 Å². The number of halogens is 2. The third kappa shape index (κ3) is 3.35. The highest BCUT2D eigenvalue weighted by Crippen LogP contribution is 2.57. The van der Waals surface area contributed by atoms with Crippen LogP contribution in [0.15, 0.2) is 42.5 Å². The van der Waals surface area contributed by atoms with Crippen LogP contribution in [0.4, 0.5) is 8.78 Å². The molecule has 0 atom stereocenters. The molecular weight excluding hydrogens is 480 g/mol. The number of carbonyl (C=O) groups excluding carboxylic acids is 4. The lowest BCUT2D eigenvalue weighted by Gasteiger charge is -2.36. The monoisotopic (exact) mass is 495 g/mol. The van der Waals surface area contributed by atoms with Gasteiger partial charge in [-0.2, -0.15) is 0 Å². The summed E-state index contributed by atoms with van der Waals surface area (Å²) >= 11 is 0. The molecule has 2 aliphatic rings. The number of primary amides is 1. The van der Waals surface area contributed by atoms with Crippen molar-refractivity contribution in [2.45, 2.75) is 19.4 Å². The van der Waals surface area contributed by atoms with Gasteiger partial charge < -0.3 is 24.7 Å². The normalized spacial score (nSPS) is 14.2. The van der Waals surface area contributed by atoms with Gasteiger partial charge in [-0.1, -0.05) is 6.07 Å². The Labute approximate surface area is 201 Å². The molecule has 0 saturated carbocycles. The van der Waals surface area contributed by atoms with E-state index in [1.165, 1.54) is 18.2 Å². The number of hydrogen-bond donors (Lipinski definition) is 1. The molecule has 1 spiro atoms. The highest BCUT2D eigenvalue weighted by Gasteiger charge is 2.54. The number of esters is 3. The summed E-state index contributed by atoms with van der Waals surface area (Å²) < 4.78 is 51.4. The molecule has 11 heteroatoms. The Balaban J connectivity index is 1.83. The van der Waals surface area contributed by atoms with Crippen molar-refractivity contribution in [3.63, 3.8) is 0 Å². The molecule has 2 N–H and O–H groups in total. The van der Waals surface area contributed by atoms with E-state index in [-0.39, 0.29) is 39.3 Å². The SMILES string of the molecule is CC(=O)Oc1cc2c(cc1F)C1(OC(=O)c3cc(C(N)=O)ccc31)c1cc(F)c(OC(C)=O)cc1O2.